The molecule has 1 aromatic carbocycles. The predicted octanol–water partition coefficient (Wildman–Crippen LogP) is 3.68. The Bertz CT molecular complexity index is 898. The molecule has 1 heterocycles. The summed E-state index contributed by atoms with van der Waals surface area (Å²) in [6.45, 7) is 2.89. The first-order chi connectivity index (χ1) is 16.6. The molecule has 1 saturated heterocycles. The van der Waals surface area contributed by atoms with Gasteiger partial charge in [-0.1, -0.05) is 38.5 Å². The molecule has 2 aliphatic rings. The van der Waals surface area contributed by atoms with Gasteiger partial charge < -0.3 is 15.7 Å². The van der Waals surface area contributed by atoms with Crippen molar-refractivity contribution < 1.29 is 27.5 Å². The highest BCUT2D eigenvalue weighted by Gasteiger charge is 2.60. The zero-order valence-corrected chi connectivity index (χ0v) is 20.1. The fourth-order valence-corrected chi connectivity index (χ4v) is 4.99. The minimum absolute atomic E-state index is 0.0556. The summed E-state index contributed by atoms with van der Waals surface area (Å²) in [5.41, 5.74) is 4.45. The summed E-state index contributed by atoms with van der Waals surface area (Å²) in [4.78, 5) is 16.9. The number of nitrogens with zero attached hydrogens (tertiary/aromatic N) is 1. The van der Waals surface area contributed by atoms with Gasteiger partial charge in [0, 0.05) is 17.0 Å². The highest BCUT2D eigenvalue weighted by molar-refractivity contribution is 6.02. The van der Waals surface area contributed by atoms with Gasteiger partial charge in [-0.05, 0) is 50.5 Å². The molecule has 5 N–H and O–H groups in total. The van der Waals surface area contributed by atoms with Crippen molar-refractivity contribution >= 4 is 11.9 Å². The SMILES string of the molecule is Cc1cc(C(=O)/N=C(\NC2NNC(C(F)(F)F)C23CCCCCCCC3)N[C@H](C)CO)ccc1F. The van der Waals surface area contributed by atoms with Crippen LogP contribution in [0.25, 0.3) is 0 Å². The van der Waals surface area contributed by atoms with Crippen molar-refractivity contribution in [3.05, 3.63) is 35.1 Å². The van der Waals surface area contributed by atoms with Crippen LogP contribution in [0.1, 0.15) is 74.2 Å². The van der Waals surface area contributed by atoms with Crippen LogP contribution in [-0.4, -0.2) is 48.0 Å². The number of benzene rings is 1. The van der Waals surface area contributed by atoms with E-state index >= 15 is 0 Å². The Morgan fingerprint density at radius 3 is 2.37 bits per heavy atom. The van der Waals surface area contributed by atoms with Crippen LogP contribution < -0.4 is 21.5 Å². The summed E-state index contributed by atoms with van der Waals surface area (Å²) >= 11 is 0. The molecule has 3 atom stereocenters. The molecule has 196 valence electrons. The lowest BCUT2D eigenvalue weighted by Gasteiger charge is -2.40. The van der Waals surface area contributed by atoms with Crippen molar-refractivity contribution in [3.63, 3.8) is 0 Å². The molecule has 1 spiro atoms. The number of alkyl halides is 3. The standard InChI is InChI=1S/C24H35F4N5O2/c1-15-13-17(9-10-18(15)25)19(35)30-22(29-16(2)14-34)31-21-23(20(32-33-21)24(26,27)28)11-7-5-3-4-6-8-12-23/h9-10,13,16,20-21,32-34H,3-8,11-12,14H2,1-2H3,(H2,29,30,31,35)/t16-,20?,21?/m1/s1. The number of aliphatic hydroxyl groups is 1. The van der Waals surface area contributed by atoms with E-state index in [2.05, 4.69) is 26.5 Å². The second-order valence-electron chi connectivity index (χ2n) is 9.65. The Morgan fingerprint density at radius 2 is 1.80 bits per heavy atom. The molecule has 0 radical (unpaired) electrons. The number of carbonyl (C=O) groups is 1. The van der Waals surface area contributed by atoms with E-state index < -0.39 is 41.6 Å². The molecule has 1 amide bonds. The molecule has 11 heteroatoms. The molecule has 1 aromatic rings. The number of aliphatic imine (C=N–C) groups is 1. The van der Waals surface area contributed by atoms with Gasteiger partial charge in [0.15, 0.2) is 0 Å². The van der Waals surface area contributed by atoms with E-state index in [0.29, 0.717) is 25.7 Å². The van der Waals surface area contributed by atoms with E-state index in [1.54, 1.807) is 6.92 Å². The van der Waals surface area contributed by atoms with Crippen LogP contribution in [0, 0.1) is 18.2 Å². The number of aliphatic hydroxyl groups excluding tert-OH is 1. The summed E-state index contributed by atoms with van der Waals surface area (Å²) < 4.78 is 56.0. The normalized spacial score (nSPS) is 24.4. The monoisotopic (exact) mass is 501 g/mol. The smallest absolute Gasteiger partial charge is 0.394 e. The van der Waals surface area contributed by atoms with Crippen molar-refractivity contribution in [3.8, 4) is 0 Å². The van der Waals surface area contributed by atoms with Crippen LogP contribution in [-0.2, 0) is 0 Å². The zero-order valence-electron chi connectivity index (χ0n) is 20.1. The molecule has 35 heavy (non-hydrogen) atoms. The Morgan fingerprint density at radius 1 is 1.17 bits per heavy atom. The van der Waals surface area contributed by atoms with Crippen LogP contribution in [0.3, 0.4) is 0 Å². The van der Waals surface area contributed by atoms with E-state index in [1.165, 1.54) is 19.1 Å². The number of halogens is 4. The lowest BCUT2D eigenvalue weighted by molar-refractivity contribution is -0.179. The van der Waals surface area contributed by atoms with Crippen molar-refractivity contribution in [1.29, 1.82) is 0 Å². The first kappa shape index (κ1) is 27.3. The largest absolute Gasteiger partial charge is 0.405 e. The fraction of sp³-hybridized carbons (Fsp3) is 0.667. The Labute approximate surface area is 203 Å². The molecule has 2 fully saturated rings. The van der Waals surface area contributed by atoms with Gasteiger partial charge in [-0.15, -0.1) is 0 Å². The number of amides is 1. The van der Waals surface area contributed by atoms with Crippen molar-refractivity contribution in [2.24, 2.45) is 10.4 Å². The van der Waals surface area contributed by atoms with Crippen LogP contribution >= 0.6 is 0 Å². The van der Waals surface area contributed by atoms with Gasteiger partial charge in [0.05, 0.1) is 12.8 Å². The number of rotatable bonds is 4. The number of hydrogen-bond donors (Lipinski definition) is 5. The topological polar surface area (TPSA) is 97.8 Å². The second kappa shape index (κ2) is 11.7. The molecular weight excluding hydrogens is 466 g/mol. The van der Waals surface area contributed by atoms with Crippen LogP contribution in [0.2, 0.25) is 0 Å². The van der Waals surface area contributed by atoms with E-state index in [9.17, 15) is 27.5 Å². The molecule has 0 aromatic heterocycles. The van der Waals surface area contributed by atoms with Crippen molar-refractivity contribution in [1.82, 2.24) is 21.5 Å². The molecule has 0 bridgehead atoms. The van der Waals surface area contributed by atoms with Crippen LogP contribution in [0.5, 0.6) is 0 Å². The van der Waals surface area contributed by atoms with Crippen LogP contribution in [0.15, 0.2) is 23.2 Å². The molecule has 3 rings (SSSR count). The molecule has 7 nitrogen and oxygen atoms in total. The van der Waals surface area contributed by atoms with Gasteiger partial charge in [0.2, 0.25) is 5.96 Å². The fourth-order valence-electron chi connectivity index (χ4n) is 4.99. The summed E-state index contributed by atoms with van der Waals surface area (Å²) in [5.74, 6) is -1.20. The first-order valence-corrected chi connectivity index (χ1v) is 12.2. The number of guanidine groups is 1. The minimum Gasteiger partial charge on any atom is -0.394 e. The highest BCUT2D eigenvalue weighted by Crippen LogP contribution is 2.47. The quantitative estimate of drug-likeness (QED) is 0.245. The van der Waals surface area contributed by atoms with Gasteiger partial charge in [0.1, 0.15) is 11.9 Å². The zero-order chi connectivity index (χ0) is 25.6. The van der Waals surface area contributed by atoms with E-state index in [4.69, 9.17) is 0 Å². The summed E-state index contributed by atoms with van der Waals surface area (Å²) in [6, 6.07) is 1.54. The number of hydrazine groups is 1. The second-order valence-corrected chi connectivity index (χ2v) is 9.65. The number of carbonyl (C=O) groups excluding carboxylic acids is 1. The van der Waals surface area contributed by atoms with Gasteiger partial charge in [-0.25, -0.2) is 15.2 Å². The molecule has 2 unspecified atom stereocenters. The van der Waals surface area contributed by atoms with E-state index in [-0.39, 0.29) is 23.7 Å². The summed E-state index contributed by atoms with van der Waals surface area (Å²) in [6.07, 6.45) is 0.410. The number of hydrogen-bond acceptors (Lipinski definition) is 4. The maximum Gasteiger partial charge on any atom is 0.405 e. The Balaban J connectivity index is 1.93. The average molecular weight is 502 g/mol. The van der Waals surface area contributed by atoms with E-state index in [1.807, 2.05) is 0 Å². The molecule has 1 saturated carbocycles. The summed E-state index contributed by atoms with van der Waals surface area (Å²) in [5, 5.41) is 15.4. The molecule has 1 aliphatic heterocycles. The lowest BCUT2D eigenvalue weighted by atomic mass is 9.71. The average Bonchev–Trinajstić information content (AvgIpc) is 3.20. The first-order valence-electron chi connectivity index (χ1n) is 12.2. The lowest BCUT2D eigenvalue weighted by Crippen LogP contribution is -2.58. The third kappa shape index (κ3) is 6.71. The summed E-state index contributed by atoms with van der Waals surface area (Å²) in [7, 11) is 0. The maximum absolute atomic E-state index is 14.1. The third-order valence-corrected chi connectivity index (χ3v) is 6.94. The highest BCUT2D eigenvalue weighted by atomic mass is 19.4. The van der Waals surface area contributed by atoms with E-state index in [0.717, 1.165) is 31.7 Å². The molecule has 1 aliphatic carbocycles. The van der Waals surface area contributed by atoms with Gasteiger partial charge >= 0.3 is 6.18 Å². The maximum atomic E-state index is 14.1. The number of aryl methyl sites for hydroxylation is 1. The Hall–Kier alpha value is -2.24. The van der Waals surface area contributed by atoms with Gasteiger partial charge in [-0.3, -0.25) is 4.79 Å². The van der Waals surface area contributed by atoms with Crippen molar-refractivity contribution in [2.75, 3.05) is 6.61 Å². The van der Waals surface area contributed by atoms with Gasteiger partial charge in [0.25, 0.3) is 5.91 Å². The Kier molecular flexibility index (Phi) is 9.11. The number of nitrogens with one attached hydrogen (secondary N) is 4. The van der Waals surface area contributed by atoms with Crippen LogP contribution in [0.4, 0.5) is 17.6 Å². The molecular formula is C24H35F4N5O2. The predicted molar refractivity (Wildman–Crippen MR) is 125 cm³/mol. The minimum atomic E-state index is -4.47. The van der Waals surface area contributed by atoms with Gasteiger partial charge in [-0.2, -0.15) is 18.2 Å². The van der Waals surface area contributed by atoms with Crippen molar-refractivity contribution in [2.45, 2.75) is 89.6 Å². The third-order valence-electron chi connectivity index (χ3n) is 6.94.